The number of quaternary nitrogens is 1. The van der Waals surface area contributed by atoms with E-state index in [-0.39, 0.29) is 11.7 Å². The Bertz CT molecular complexity index is 543. The van der Waals surface area contributed by atoms with E-state index in [9.17, 15) is 9.18 Å². The van der Waals surface area contributed by atoms with Gasteiger partial charge in [0.1, 0.15) is 18.9 Å². The number of amides is 1. The molecule has 0 aromatic heterocycles. The van der Waals surface area contributed by atoms with E-state index in [2.05, 4.69) is 5.32 Å². The van der Waals surface area contributed by atoms with Gasteiger partial charge in [-0.3, -0.25) is 4.79 Å². The number of rotatable bonds is 4. The first-order valence-corrected chi connectivity index (χ1v) is 8.06. The third kappa shape index (κ3) is 4.40. The summed E-state index contributed by atoms with van der Waals surface area (Å²) < 4.78 is 24.8. The summed E-state index contributed by atoms with van der Waals surface area (Å²) in [4.78, 5) is 15.2. The lowest BCUT2D eigenvalue weighted by molar-refractivity contribution is -0.899. The monoisotopic (exact) mass is 324 g/mol. The van der Waals surface area contributed by atoms with Crippen molar-refractivity contribution >= 4 is 17.3 Å². The molecule has 1 aromatic rings. The number of morpholine rings is 2. The Balaban J connectivity index is 1.57. The van der Waals surface area contributed by atoms with E-state index in [1.807, 2.05) is 4.90 Å². The minimum atomic E-state index is -0.316. The van der Waals surface area contributed by atoms with E-state index >= 15 is 0 Å². The van der Waals surface area contributed by atoms with Gasteiger partial charge in [-0.2, -0.15) is 0 Å². The Morgan fingerprint density at radius 1 is 1.17 bits per heavy atom. The summed E-state index contributed by atoms with van der Waals surface area (Å²) >= 11 is 0. The minimum absolute atomic E-state index is 0.0968. The lowest BCUT2D eigenvalue weighted by Crippen LogP contribution is -3.15. The lowest BCUT2D eigenvalue weighted by Gasteiger charge is -2.29. The largest absolute Gasteiger partial charge is 0.378 e. The van der Waals surface area contributed by atoms with Crippen LogP contribution in [0.4, 0.5) is 15.8 Å². The molecule has 1 aromatic carbocycles. The first-order chi connectivity index (χ1) is 11.2. The average molecular weight is 324 g/mol. The number of ether oxygens (including phenoxy) is 2. The van der Waals surface area contributed by atoms with Crippen molar-refractivity contribution in [3.8, 4) is 0 Å². The van der Waals surface area contributed by atoms with Crippen molar-refractivity contribution in [2.45, 2.75) is 0 Å². The highest BCUT2D eigenvalue weighted by molar-refractivity contribution is 5.91. The molecule has 126 valence electrons. The first-order valence-electron chi connectivity index (χ1n) is 8.06. The van der Waals surface area contributed by atoms with Crippen molar-refractivity contribution in [1.82, 2.24) is 0 Å². The van der Waals surface area contributed by atoms with Crippen LogP contribution in [-0.4, -0.2) is 65.1 Å². The maximum atomic E-state index is 14.3. The number of hydrogen-bond donors (Lipinski definition) is 2. The lowest BCUT2D eigenvalue weighted by atomic mass is 10.2. The normalized spacial score (nSPS) is 19.6. The summed E-state index contributed by atoms with van der Waals surface area (Å²) in [5.74, 6) is -0.413. The highest BCUT2D eigenvalue weighted by Crippen LogP contribution is 2.23. The molecule has 6 nitrogen and oxygen atoms in total. The zero-order chi connectivity index (χ0) is 16.1. The molecule has 0 bridgehead atoms. The van der Waals surface area contributed by atoms with E-state index in [1.165, 1.54) is 11.0 Å². The van der Waals surface area contributed by atoms with E-state index in [0.29, 0.717) is 57.4 Å². The summed E-state index contributed by atoms with van der Waals surface area (Å²) in [6.07, 6.45) is 0. The molecule has 2 aliphatic rings. The SMILES string of the molecule is O=C(C[NH+]1CCOCC1)Nc1ccc(N2CCOCC2)c(F)c1. The van der Waals surface area contributed by atoms with Crippen molar-refractivity contribution in [2.24, 2.45) is 0 Å². The van der Waals surface area contributed by atoms with Crippen molar-refractivity contribution in [3.63, 3.8) is 0 Å². The minimum Gasteiger partial charge on any atom is -0.378 e. The fourth-order valence-electron chi connectivity index (χ4n) is 2.91. The summed E-state index contributed by atoms with van der Waals surface area (Å²) in [5.41, 5.74) is 1.06. The van der Waals surface area contributed by atoms with Crippen LogP contribution in [0.15, 0.2) is 18.2 Å². The molecule has 2 aliphatic heterocycles. The van der Waals surface area contributed by atoms with Gasteiger partial charge in [-0.15, -0.1) is 0 Å². The van der Waals surface area contributed by atoms with Gasteiger partial charge in [0.25, 0.3) is 5.91 Å². The van der Waals surface area contributed by atoms with Gasteiger partial charge in [-0.05, 0) is 18.2 Å². The number of carbonyl (C=O) groups excluding carboxylic acids is 1. The molecule has 1 amide bonds. The molecule has 2 N–H and O–H groups in total. The van der Waals surface area contributed by atoms with Crippen LogP contribution in [0.25, 0.3) is 0 Å². The smallest absolute Gasteiger partial charge is 0.279 e. The molecule has 0 unspecified atom stereocenters. The molecule has 23 heavy (non-hydrogen) atoms. The van der Waals surface area contributed by atoms with Gasteiger partial charge in [0.2, 0.25) is 0 Å². The second-order valence-electron chi connectivity index (χ2n) is 5.85. The van der Waals surface area contributed by atoms with E-state index in [4.69, 9.17) is 9.47 Å². The van der Waals surface area contributed by atoms with Crippen LogP contribution in [0.3, 0.4) is 0 Å². The number of hydrogen-bond acceptors (Lipinski definition) is 4. The van der Waals surface area contributed by atoms with Crippen LogP contribution in [0.1, 0.15) is 0 Å². The maximum absolute atomic E-state index is 14.3. The molecule has 7 heteroatoms. The van der Waals surface area contributed by atoms with Crippen LogP contribution in [0, 0.1) is 5.82 Å². The summed E-state index contributed by atoms with van der Waals surface area (Å²) in [7, 11) is 0. The van der Waals surface area contributed by atoms with Crippen LogP contribution >= 0.6 is 0 Å². The van der Waals surface area contributed by atoms with Gasteiger partial charge in [0.15, 0.2) is 6.54 Å². The van der Waals surface area contributed by atoms with Gasteiger partial charge in [0, 0.05) is 18.8 Å². The zero-order valence-electron chi connectivity index (χ0n) is 13.1. The van der Waals surface area contributed by atoms with Crippen molar-refractivity contribution < 1.29 is 23.6 Å². The Labute approximate surface area is 135 Å². The van der Waals surface area contributed by atoms with E-state index < -0.39 is 0 Å². The third-order valence-electron chi connectivity index (χ3n) is 4.19. The number of carbonyl (C=O) groups is 1. The van der Waals surface area contributed by atoms with Gasteiger partial charge >= 0.3 is 0 Å². The van der Waals surface area contributed by atoms with Crippen molar-refractivity contribution in [2.75, 3.05) is 69.4 Å². The number of nitrogens with zero attached hydrogens (tertiary/aromatic N) is 1. The molecule has 0 saturated carbocycles. The topological polar surface area (TPSA) is 55.2 Å². The second-order valence-corrected chi connectivity index (χ2v) is 5.85. The standard InChI is InChI=1S/C16H22FN3O3/c17-14-11-13(1-2-15(14)20-5-9-23-10-6-20)18-16(21)12-19-3-7-22-8-4-19/h1-2,11H,3-10,12H2,(H,18,21)/p+1. The molecule has 0 atom stereocenters. The molecular weight excluding hydrogens is 301 g/mol. The van der Waals surface area contributed by atoms with Crippen LogP contribution < -0.4 is 15.1 Å². The van der Waals surface area contributed by atoms with Crippen LogP contribution in [-0.2, 0) is 14.3 Å². The Morgan fingerprint density at radius 3 is 2.57 bits per heavy atom. The molecule has 2 heterocycles. The Morgan fingerprint density at radius 2 is 1.87 bits per heavy atom. The number of benzene rings is 1. The molecule has 3 rings (SSSR count). The Hall–Kier alpha value is -1.70. The fraction of sp³-hybridized carbons (Fsp3) is 0.562. The summed E-state index contributed by atoms with van der Waals surface area (Å²) in [6, 6.07) is 4.86. The second kappa shape index (κ2) is 7.72. The van der Waals surface area contributed by atoms with E-state index in [1.54, 1.807) is 12.1 Å². The molecular formula is C16H23FN3O3+. The molecule has 0 radical (unpaired) electrons. The first kappa shape index (κ1) is 16.2. The molecule has 2 fully saturated rings. The third-order valence-corrected chi connectivity index (χ3v) is 4.19. The zero-order valence-corrected chi connectivity index (χ0v) is 13.1. The summed E-state index contributed by atoms with van der Waals surface area (Å²) in [6.45, 7) is 6.01. The quantitative estimate of drug-likeness (QED) is 0.785. The molecule has 2 saturated heterocycles. The van der Waals surface area contributed by atoms with Gasteiger partial charge in [-0.25, -0.2) is 4.39 Å². The van der Waals surface area contributed by atoms with Crippen molar-refractivity contribution in [3.05, 3.63) is 24.0 Å². The average Bonchev–Trinajstić information content (AvgIpc) is 2.56. The van der Waals surface area contributed by atoms with Crippen molar-refractivity contribution in [1.29, 1.82) is 0 Å². The van der Waals surface area contributed by atoms with Crippen LogP contribution in [0.2, 0.25) is 0 Å². The number of nitrogens with one attached hydrogen (secondary N) is 2. The Kier molecular flexibility index (Phi) is 5.43. The molecule has 0 spiro atoms. The van der Waals surface area contributed by atoms with Crippen LogP contribution in [0.5, 0.6) is 0 Å². The van der Waals surface area contributed by atoms with Gasteiger partial charge < -0.3 is 24.6 Å². The predicted molar refractivity (Wildman–Crippen MR) is 84.4 cm³/mol. The summed E-state index contributed by atoms with van der Waals surface area (Å²) in [5, 5.41) is 2.78. The highest BCUT2D eigenvalue weighted by Gasteiger charge is 2.19. The number of halogens is 1. The van der Waals surface area contributed by atoms with Gasteiger partial charge in [-0.1, -0.05) is 0 Å². The predicted octanol–water partition coefficient (Wildman–Crippen LogP) is -0.484. The highest BCUT2D eigenvalue weighted by atomic mass is 19.1. The fourth-order valence-corrected chi connectivity index (χ4v) is 2.91. The van der Waals surface area contributed by atoms with Gasteiger partial charge in [0.05, 0.1) is 32.1 Å². The maximum Gasteiger partial charge on any atom is 0.279 e. The number of anilines is 2. The molecule has 0 aliphatic carbocycles. The van der Waals surface area contributed by atoms with E-state index in [0.717, 1.165) is 13.1 Å².